The largest absolute Gasteiger partial charge is 0.381 e. The number of anilines is 1. The van der Waals surface area contributed by atoms with Crippen molar-refractivity contribution in [3.05, 3.63) is 29.8 Å². The average Bonchev–Trinajstić information content (AvgIpc) is 2.94. The van der Waals surface area contributed by atoms with Crippen LogP contribution >= 0.6 is 0 Å². The maximum Gasteiger partial charge on any atom is 0.241 e. The Hall–Kier alpha value is -2.25. The van der Waals surface area contributed by atoms with Crippen LogP contribution in [-0.4, -0.2) is 37.0 Å². The van der Waals surface area contributed by atoms with E-state index in [1.54, 1.807) is 12.1 Å². The SMILES string of the molecule is NC(C(=O)Nc1ccc(CC2CC(=O)NC2=O)cc1)C1CCOCC1. The molecule has 0 bridgehead atoms. The fourth-order valence-electron chi connectivity index (χ4n) is 3.30. The van der Waals surface area contributed by atoms with Gasteiger partial charge in [0.15, 0.2) is 0 Å². The predicted octanol–water partition coefficient (Wildman–Crippen LogP) is 0.584. The number of rotatable bonds is 5. The lowest BCUT2D eigenvalue weighted by atomic mass is 9.92. The molecule has 2 aliphatic rings. The fourth-order valence-corrected chi connectivity index (χ4v) is 3.30. The Labute approximate surface area is 146 Å². The van der Waals surface area contributed by atoms with Crippen LogP contribution in [0.15, 0.2) is 24.3 Å². The Morgan fingerprint density at radius 2 is 1.92 bits per heavy atom. The fraction of sp³-hybridized carbons (Fsp3) is 0.500. The Kier molecular flexibility index (Phi) is 5.45. The van der Waals surface area contributed by atoms with Crippen molar-refractivity contribution in [2.24, 2.45) is 17.6 Å². The number of benzene rings is 1. The van der Waals surface area contributed by atoms with Crippen molar-refractivity contribution in [3.63, 3.8) is 0 Å². The van der Waals surface area contributed by atoms with Gasteiger partial charge in [-0.25, -0.2) is 0 Å². The minimum Gasteiger partial charge on any atom is -0.381 e. The number of carbonyl (C=O) groups is 3. The number of amides is 3. The van der Waals surface area contributed by atoms with Crippen molar-refractivity contribution in [3.8, 4) is 0 Å². The minimum atomic E-state index is -0.545. The van der Waals surface area contributed by atoms with Crippen LogP contribution in [0.3, 0.4) is 0 Å². The first-order valence-electron chi connectivity index (χ1n) is 8.60. The second-order valence-corrected chi connectivity index (χ2v) is 6.68. The van der Waals surface area contributed by atoms with Crippen molar-refractivity contribution in [1.82, 2.24) is 5.32 Å². The van der Waals surface area contributed by atoms with Gasteiger partial charge in [0.2, 0.25) is 17.7 Å². The third kappa shape index (κ3) is 4.43. The number of nitrogens with two attached hydrogens (primary N) is 1. The van der Waals surface area contributed by atoms with E-state index in [9.17, 15) is 14.4 Å². The summed E-state index contributed by atoms with van der Waals surface area (Å²) in [5, 5.41) is 5.15. The van der Waals surface area contributed by atoms with Crippen molar-refractivity contribution in [1.29, 1.82) is 0 Å². The number of nitrogens with one attached hydrogen (secondary N) is 2. The zero-order valence-electron chi connectivity index (χ0n) is 14.0. The third-order valence-electron chi connectivity index (χ3n) is 4.85. The molecule has 2 aliphatic heterocycles. The van der Waals surface area contributed by atoms with Gasteiger partial charge in [-0.15, -0.1) is 0 Å². The van der Waals surface area contributed by atoms with E-state index < -0.39 is 6.04 Å². The molecule has 2 fully saturated rings. The summed E-state index contributed by atoms with van der Waals surface area (Å²) in [7, 11) is 0. The summed E-state index contributed by atoms with van der Waals surface area (Å²) in [5.74, 6) is -0.799. The first-order chi connectivity index (χ1) is 12.0. The molecule has 2 heterocycles. The van der Waals surface area contributed by atoms with E-state index in [0.717, 1.165) is 18.4 Å². The molecular weight excluding hydrogens is 322 g/mol. The minimum absolute atomic E-state index is 0.145. The molecule has 4 N–H and O–H groups in total. The number of hydrogen-bond donors (Lipinski definition) is 3. The van der Waals surface area contributed by atoms with Gasteiger partial charge in [0.1, 0.15) is 0 Å². The van der Waals surface area contributed by atoms with Crippen LogP contribution in [-0.2, 0) is 25.5 Å². The summed E-state index contributed by atoms with van der Waals surface area (Å²) < 4.78 is 5.29. The molecule has 1 aromatic rings. The number of imide groups is 1. The van der Waals surface area contributed by atoms with Gasteiger partial charge in [0.25, 0.3) is 0 Å². The van der Waals surface area contributed by atoms with Gasteiger partial charge in [0, 0.05) is 25.3 Å². The van der Waals surface area contributed by atoms with Crippen molar-refractivity contribution < 1.29 is 19.1 Å². The standard InChI is InChI=1S/C18H23N3O4/c19-16(12-5-7-25-8-6-12)18(24)20-14-3-1-11(2-4-14)9-13-10-15(22)21-17(13)23/h1-4,12-13,16H,5-10,19H2,(H,20,24)(H,21,22,23). The van der Waals surface area contributed by atoms with Gasteiger partial charge in [0.05, 0.1) is 12.0 Å². The van der Waals surface area contributed by atoms with Gasteiger partial charge in [-0.2, -0.15) is 0 Å². The summed E-state index contributed by atoms with van der Waals surface area (Å²) in [4.78, 5) is 35.1. The van der Waals surface area contributed by atoms with E-state index in [0.29, 0.717) is 25.3 Å². The van der Waals surface area contributed by atoms with E-state index in [4.69, 9.17) is 10.5 Å². The Morgan fingerprint density at radius 3 is 2.52 bits per heavy atom. The van der Waals surface area contributed by atoms with Crippen LogP contribution in [0.1, 0.15) is 24.8 Å². The highest BCUT2D eigenvalue weighted by Crippen LogP contribution is 2.21. The predicted molar refractivity (Wildman–Crippen MR) is 91.6 cm³/mol. The molecule has 0 spiro atoms. The molecule has 0 radical (unpaired) electrons. The molecule has 7 nitrogen and oxygen atoms in total. The molecule has 1 aromatic carbocycles. The van der Waals surface area contributed by atoms with Gasteiger partial charge in [-0.05, 0) is 42.9 Å². The van der Waals surface area contributed by atoms with Crippen LogP contribution in [0.5, 0.6) is 0 Å². The second kappa shape index (κ2) is 7.76. The maximum atomic E-state index is 12.3. The molecule has 25 heavy (non-hydrogen) atoms. The van der Waals surface area contributed by atoms with Crippen LogP contribution in [0.2, 0.25) is 0 Å². The smallest absolute Gasteiger partial charge is 0.241 e. The maximum absolute atomic E-state index is 12.3. The van der Waals surface area contributed by atoms with Crippen molar-refractivity contribution >= 4 is 23.4 Å². The average molecular weight is 345 g/mol. The monoisotopic (exact) mass is 345 g/mol. The molecule has 0 aromatic heterocycles. The molecule has 3 rings (SSSR count). The highest BCUT2D eigenvalue weighted by atomic mass is 16.5. The Morgan fingerprint density at radius 1 is 1.24 bits per heavy atom. The molecule has 134 valence electrons. The van der Waals surface area contributed by atoms with E-state index in [-0.39, 0.29) is 36.0 Å². The Bertz CT molecular complexity index is 653. The second-order valence-electron chi connectivity index (χ2n) is 6.68. The summed E-state index contributed by atoms with van der Waals surface area (Å²) >= 11 is 0. The summed E-state index contributed by atoms with van der Waals surface area (Å²) in [5.41, 5.74) is 7.68. The molecule has 2 atom stereocenters. The summed E-state index contributed by atoms with van der Waals surface area (Å²) in [6.45, 7) is 1.30. The molecule has 0 aliphatic carbocycles. The zero-order valence-corrected chi connectivity index (χ0v) is 14.0. The third-order valence-corrected chi connectivity index (χ3v) is 4.85. The van der Waals surface area contributed by atoms with Crippen LogP contribution in [0.25, 0.3) is 0 Å². The number of hydrogen-bond acceptors (Lipinski definition) is 5. The molecule has 0 saturated carbocycles. The highest BCUT2D eigenvalue weighted by Gasteiger charge is 2.30. The van der Waals surface area contributed by atoms with Gasteiger partial charge in [-0.1, -0.05) is 12.1 Å². The molecule has 3 amide bonds. The lowest BCUT2D eigenvalue weighted by Crippen LogP contribution is -2.43. The van der Waals surface area contributed by atoms with E-state index in [2.05, 4.69) is 10.6 Å². The van der Waals surface area contributed by atoms with Crippen LogP contribution < -0.4 is 16.4 Å². The topological polar surface area (TPSA) is 111 Å². The normalized spacial score (nSPS) is 22.5. The summed E-state index contributed by atoms with van der Waals surface area (Å²) in [6, 6.07) is 6.74. The van der Waals surface area contributed by atoms with Crippen LogP contribution in [0, 0.1) is 11.8 Å². The van der Waals surface area contributed by atoms with Gasteiger partial charge >= 0.3 is 0 Å². The first kappa shape index (κ1) is 17.6. The molecular formula is C18H23N3O4. The first-order valence-corrected chi connectivity index (χ1v) is 8.60. The number of carbonyl (C=O) groups excluding carboxylic acids is 3. The molecule has 7 heteroatoms. The zero-order chi connectivity index (χ0) is 17.8. The summed E-state index contributed by atoms with van der Waals surface area (Å²) in [6.07, 6.45) is 2.34. The van der Waals surface area contributed by atoms with E-state index >= 15 is 0 Å². The van der Waals surface area contributed by atoms with E-state index in [1.165, 1.54) is 0 Å². The quantitative estimate of drug-likeness (QED) is 0.676. The number of ether oxygens (including phenoxy) is 1. The lowest BCUT2D eigenvalue weighted by Gasteiger charge is -2.26. The Balaban J connectivity index is 1.54. The highest BCUT2D eigenvalue weighted by molar-refractivity contribution is 6.03. The van der Waals surface area contributed by atoms with Gasteiger partial charge in [-0.3, -0.25) is 19.7 Å². The van der Waals surface area contributed by atoms with Gasteiger partial charge < -0.3 is 15.8 Å². The lowest BCUT2D eigenvalue weighted by molar-refractivity contribution is -0.126. The molecule has 2 saturated heterocycles. The van der Waals surface area contributed by atoms with Crippen LogP contribution in [0.4, 0.5) is 5.69 Å². The van der Waals surface area contributed by atoms with Crippen molar-refractivity contribution in [2.45, 2.75) is 31.7 Å². The van der Waals surface area contributed by atoms with E-state index in [1.807, 2.05) is 12.1 Å². The molecule has 2 unspecified atom stereocenters. The van der Waals surface area contributed by atoms with Crippen molar-refractivity contribution in [2.75, 3.05) is 18.5 Å².